The summed E-state index contributed by atoms with van der Waals surface area (Å²) in [5.41, 5.74) is 2.29. The zero-order valence-corrected chi connectivity index (χ0v) is 11.5. The highest BCUT2D eigenvalue weighted by Crippen LogP contribution is 2.28. The van der Waals surface area contributed by atoms with E-state index in [4.69, 9.17) is 16.3 Å². The number of hydrogen-bond acceptors (Lipinski definition) is 3. The van der Waals surface area contributed by atoms with Crippen LogP contribution in [0, 0.1) is 0 Å². The normalized spacial score (nSPS) is 10.6. The van der Waals surface area contributed by atoms with Crippen LogP contribution in [0.25, 0.3) is 0 Å². The van der Waals surface area contributed by atoms with Gasteiger partial charge in [-0.15, -0.1) is 0 Å². The predicted octanol–water partition coefficient (Wildman–Crippen LogP) is 2.53. The van der Waals surface area contributed by atoms with Gasteiger partial charge in [0.05, 0.1) is 17.3 Å². The Kier molecular flexibility index (Phi) is 6.34. The van der Waals surface area contributed by atoms with Crippen molar-refractivity contribution in [3.05, 3.63) is 28.8 Å². The molecule has 1 aromatic carbocycles. The fourth-order valence-electron chi connectivity index (χ4n) is 1.78. The summed E-state index contributed by atoms with van der Waals surface area (Å²) in [6, 6.07) is 6.00. The molecular weight excluding hydrogens is 236 g/mol. The maximum atomic E-state index is 6.26. The Balaban J connectivity index is 2.78. The number of halogens is 1. The molecule has 0 spiro atoms. The first kappa shape index (κ1) is 14.3. The van der Waals surface area contributed by atoms with Gasteiger partial charge in [0.2, 0.25) is 0 Å². The first-order valence-electron chi connectivity index (χ1n) is 5.91. The van der Waals surface area contributed by atoms with E-state index in [1.165, 1.54) is 5.56 Å². The van der Waals surface area contributed by atoms with Gasteiger partial charge in [-0.25, -0.2) is 0 Å². The lowest BCUT2D eigenvalue weighted by molar-refractivity contribution is 0.154. The number of likely N-dealkylation sites (N-methyl/N-ethyl adjacent to an activating group) is 1. The minimum Gasteiger partial charge on any atom is -0.380 e. The van der Waals surface area contributed by atoms with Gasteiger partial charge in [-0.1, -0.05) is 23.7 Å². The van der Waals surface area contributed by atoms with Crippen LogP contribution in [0.2, 0.25) is 5.02 Å². The lowest BCUT2D eigenvalue weighted by Crippen LogP contribution is -2.25. The molecule has 0 radical (unpaired) electrons. The summed E-state index contributed by atoms with van der Waals surface area (Å²) in [6.07, 6.45) is 0. The molecule has 0 amide bonds. The number of rotatable bonds is 7. The van der Waals surface area contributed by atoms with Crippen molar-refractivity contribution in [1.29, 1.82) is 0 Å². The van der Waals surface area contributed by atoms with Crippen molar-refractivity contribution >= 4 is 17.3 Å². The van der Waals surface area contributed by atoms with Crippen molar-refractivity contribution in [2.24, 2.45) is 0 Å². The molecule has 0 aliphatic carbocycles. The molecule has 0 saturated heterocycles. The molecule has 0 fully saturated rings. The van der Waals surface area contributed by atoms with E-state index in [1.54, 1.807) is 0 Å². The molecule has 0 aliphatic rings. The molecule has 0 heterocycles. The van der Waals surface area contributed by atoms with Gasteiger partial charge >= 0.3 is 0 Å². The molecule has 1 aromatic rings. The van der Waals surface area contributed by atoms with E-state index in [2.05, 4.69) is 16.3 Å². The third-order valence-electron chi connectivity index (χ3n) is 2.59. The van der Waals surface area contributed by atoms with Crippen molar-refractivity contribution in [3.63, 3.8) is 0 Å². The fourth-order valence-corrected chi connectivity index (χ4v) is 2.12. The van der Waals surface area contributed by atoms with Gasteiger partial charge in [-0.3, -0.25) is 0 Å². The first-order valence-corrected chi connectivity index (χ1v) is 6.29. The second-order valence-electron chi connectivity index (χ2n) is 3.90. The number of nitrogens with one attached hydrogen (secondary N) is 1. The SMILES string of the molecule is CCOCCN(C)c1c(Cl)cccc1CNC. The van der Waals surface area contributed by atoms with Crippen LogP contribution in [0.4, 0.5) is 5.69 Å². The molecule has 96 valence electrons. The van der Waals surface area contributed by atoms with Crippen molar-refractivity contribution in [2.45, 2.75) is 13.5 Å². The van der Waals surface area contributed by atoms with Gasteiger partial charge in [0.1, 0.15) is 0 Å². The monoisotopic (exact) mass is 256 g/mol. The summed E-state index contributed by atoms with van der Waals surface area (Å²) in [5, 5.41) is 3.95. The van der Waals surface area contributed by atoms with Crippen LogP contribution < -0.4 is 10.2 Å². The largest absolute Gasteiger partial charge is 0.380 e. The van der Waals surface area contributed by atoms with Crippen molar-refractivity contribution in [2.75, 3.05) is 38.8 Å². The van der Waals surface area contributed by atoms with Crippen LogP contribution in [-0.2, 0) is 11.3 Å². The maximum absolute atomic E-state index is 6.26. The molecule has 17 heavy (non-hydrogen) atoms. The molecule has 0 saturated carbocycles. The highest BCUT2D eigenvalue weighted by Gasteiger charge is 2.10. The number of ether oxygens (including phenoxy) is 1. The van der Waals surface area contributed by atoms with Gasteiger partial charge in [0.25, 0.3) is 0 Å². The second-order valence-corrected chi connectivity index (χ2v) is 4.30. The lowest BCUT2D eigenvalue weighted by atomic mass is 10.1. The summed E-state index contributed by atoms with van der Waals surface area (Å²) < 4.78 is 5.36. The first-order chi connectivity index (χ1) is 8.20. The topological polar surface area (TPSA) is 24.5 Å². The average Bonchev–Trinajstić information content (AvgIpc) is 2.30. The number of hydrogen-bond donors (Lipinski definition) is 1. The second kappa shape index (κ2) is 7.54. The smallest absolute Gasteiger partial charge is 0.0642 e. The molecule has 0 unspecified atom stereocenters. The lowest BCUT2D eigenvalue weighted by Gasteiger charge is -2.23. The molecule has 1 rings (SSSR count). The zero-order valence-electron chi connectivity index (χ0n) is 10.8. The van der Waals surface area contributed by atoms with E-state index >= 15 is 0 Å². The number of nitrogens with zero attached hydrogens (tertiary/aromatic N) is 1. The summed E-state index contributed by atoms with van der Waals surface area (Å²) in [4.78, 5) is 2.14. The van der Waals surface area contributed by atoms with Gasteiger partial charge in [-0.2, -0.15) is 0 Å². The number of benzene rings is 1. The van der Waals surface area contributed by atoms with E-state index in [9.17, 15) is 0 Å². The minimum atomic E-state index is 0.719. The Labute approximate surface area is 109 Å². The summed E-state index contributed by atoms with van der Waals surface area (Å²) >= 11 is 6.26. The Morgan fingerprint density at radius 2 is 2.18 bits per heavy atom. The Hall–Kier alpha value is -0.770. The van der Waals surface area contributed by atoms with Crippen LogP contribution in [0.1, 0.15) is 12.5 Å². The molecule has 1 N–H and O–H groups in total. The Morgan fingerprint density at radius 3 is 2.82 bits per heavy atom. The van der Waals surface area contributed by atoms with Crippen LogP contribution >= 0.6 is 11.6 Å². The summed E-state index contributed by atoms with van der Waals surface area (Å²) in [5.74, 6) is 0. The van der Waals surface area contributed by atoms with E-state index in [-0.39, 0.29) is 0 Å². The molecule has 0 aliphatic heterocycles. The van der Waals surface area contributed by atoms with E-state index in [0.717, 1.165) is 37.0 Å². The molecule has 0 aromatic heterocycles. The van der Waals surface area contributed by atoms with E-state index in [1.807, 2.05) is 33.2 Å². The average molecular weight is 257 g/mol. The molecular formula is C13H21ClN2O. The summed E-state index contributed by atoms with van der Waals surface area (Å²) in [6.45, 7) is 5.13. The Bertz CT molecular complexity index is 344. The number of para-hydroxylation sites is 1. The predicted molar refractivity (Wildman–Crippen MR) is 74.0 cm³/mol. The van der Waals surface area contributed by atoms with Crippen molar-refractivity contribution in [1.82, 2.24) is 5.32 Å². The van der Waals surface area contributed by atoms with Crippen molar-refractivity contribution in [3.8, 4) is 0 Å². The van der Waals surface area contributed by atoms with Gasteiger partial charge in [0.15, 0.2) is 0 Å². The van der Waals surface area contributed by atoms with Crippen LogP contribution in [-0.4, -0.2) is 33.9 Å². The zero-order chi connectivity index (χ0) is 12.7. The molecule has 0 bridgehead atoms. The van der Waals surface area contributed by atoms with E-state index in [0.29, 0.717) is 0 Å². The van der Waals surface area contributed by atoms with Crippen molar-refractivity contribution < 1.29 is 4.74 Å². The van der Waals surface area contributed by atoms with Gasteiger partial charge < -0.3 is 15.0 Å². The van der Waals surface area contributed by atoms with Gasteiger partial charge in [-0.05, 0) is 25.6 Å². The van der Waals surface area contributed by atoms with E-state index < -0.39 is 0 Å². The third-order valence-corrected chi connectivity index (χ3v) is 2.90. The van der Waals surface area contributed by atoms with Crippen LogP contribution in [0.5, 0.6) is 0 Å². The Morgan fingerprint density at radius 1 is 1.41 bits per heavy atom. The standard InChI is InChI=1S/C13H21ClN2O/c1-4-17-9-8-16(3)13-11(10-15-2)6-5-7-12(13)14/h5-7,15H,4,8-10H2,1-3H3. The minimum absolute atomic E-state index is 0.719. The number of anilines is 1. The highest BCUT2D eigenvalue weighted by atomic mass is 35.5. The van der Waals surface area contributed by atoms with Crippen LogP contribution in [0.3, 0.4) is 0 Å². The molecule has 4 heteroatoms. The fraction of sp³-hybridized carbons (Fsp3) is 0.538. The third kappa shape index (κ3) is 4.19. The highest BCUT2D eigenvalue weighted by molar-refractivity contribution is 6.33. The van der Waals surface area contributed by atoms with Crippen LogP contribution in [0.15, 0.2) is 18.2 Å². The van der Waals surface area contributed by atoms with Gasteiger partial charge in [0, 0.05) is 26.7 Å². The molecule has 3 nitrogen and oxygen atoms in total. The quantitative estimate of drug-likeness (QED) is 0.759. The summed E-state index contributed by atoms with van der Waals surface area (Å²) in [7, 11) is 3.98. The maximum Gasteiger partial charge on any atom is 0.0642 e. The molecule has 0 atom stereocenters.